The van der Waals surface area contributed by atoms with Crippen LogP contribution < -0.4 is 4.74 Å². The second-order valence-corrected chi connectivity index (χ2v) is 7.65. The molecule has 6 nitrogen and oxygen atoms in total. The number of hydrogen-bond acceptors (Lipinski definition) is 6. The van der Waals surface area contributed by atoms with Gasteiger partial charge in [0.2, 0.25) is 5.88 Å². The second-order valence-electron chi connectivity index (χ2n) is 5.32. The van der Waals surface area contributed by atoms with Crippen molar-refractivity contribution < 1.29 is 18.3 Å². The molecule has 3 atom stereocenters. The fourth-order valence-electron chi connectivity index (χ4n) is 2.70. The van der Waals surface area contributed by atoms with Crippen LogP contribution in [-0.4, -0.2) is 42.3 Å². The summed E-state index contributed by atoms with van der Waals surface area (Å²) in [6, 6.07) is 3.31. The van der Waals surface area contributed by atoms with E-state index < -0.39 is 15.9 Å². The smallest absolute Gasteiger partial charge is 0.233 e. The molecule has 1 saturated carbocycles. The lowest BCUT2D eigenvalue weighted by Gasteiger charge is -2.30. The van der Waals surface area contributed by atoms with Crippen LogP contribution in [0.4, 0.5) is 0 Å². The Bertz CT molecular complexity index is 544. The minimum Gasteiger partial charge on any atom is -0.480 e. The minimum atomic E-state index is -3.05. The summed E-state index contributed by atoms with van der Waals surface area (Å²) < 4.78 is 28.2. The summed E-state index contributed by atoms with van der Waals surface area (Å²) >= 11 is 0. The zero-order chi connectivity index (χ0) is 14.8. The zero-order valence-corrected chi connectivity index (χ0v) is 12.5. The molecule has 0 amide bonds. The van der Waals surface area contributed by atoms with Crippen molar-refractivity contribution >= 4 is 9.84 Å². The third kappa shape index (κ3) is 3.46. The largest absolute Gasteiger partial charge is 0.480 e. The lowest BCUT2D eigenvalue weighted by atomic mass is 9.84. The molecule has 1 N–H and O–H groups in total. The van der Waals surface area contributed by atoms with Crippen molar-refractivity contribution in [3.63, 3.8) is 0 Å². The first kappa shape index (κ1) is 15.2. The normalized spacial score (nSPS) is 25.1. The molecule has 20 heavy (non-hydrogen) atoms. The number of aromatic nitrogens is 2. The molecule has 1 aromatic heterocycles. The SMILES string of the molecule is COc1ccc(C(O)C2CCCC(S(C)(=O)=O)C2)nn1. The van der Waals surface area contributed by atoms with E-state index in [0.29, 0.717) is 24.4 Å². The van der Waals surface area contributed by atoms with Gasteiger partial charge in [0.25, 0.3) is 0 Å². The van der Waals surface area contributed by atoms with Crippen LogP contribution >= 0.6 is 0 Å². The van der Waals surface area contributed by atoms with E-state index in [0.717, 1.165) is 12.8 Å². The number of ether oxygens (including phenoxy) is 1. The van der Waals surface area contributed by atoms with Crippen LogP contribution in [0, 0.1) is 5.92 Å². The Kier molecular flexibility index (Phi) is 4.59. The first-order valence-corrected chi connectivity index (χ1v) is 8.62. The van der Waals surface area contributed by atoms with Crippen LogP contribution in [-0.2, 0) is 9.84 Å². The van der Waals surface area contributed by atoms with Gasteiger partial charge in [0.15, 0.2) is 0 Å². The van der Waals surface area contributed by atoms with Crippen LogP contribution in [0.5, 0.6) is 5.88 Å². The Hall–Kier alpha value is -1.21. The summed E-state index contributed by atoms with van der Waals surface area (Å²) in [5, 5.41) is 17.8. The van der Waals surface area contributed by atoms with E-state index in [9.17, 15) is 13.5 Å². The number of sulfone groups is 1. The molecule has 1 fully saturated rings. The average molecular weight is 300 g/mol. The van der Waals surface area contributed by atoms with Crippen LogP contribution in [0.1, 0.15) is 37.5 Å². The quantitative estimate of drug-likeness (QED) is 0.896. The summed E-state index contributed by atoms with van der Waals surface area (Å²) in [5.74, 6) is 0.296. The molecule has 0 saturated heterocycles. The van der Waals surface area contributed by atoms with Crippen molar-refractivity contribution in [1.29, 1.82) is 0 Å². The van der Waals surface area contributed by atoms with Gasteiger partial charge in [0.1, 0.15) is 15.9 Å². The summed E-state index contributed by atoms with van der Waals surface area (Å²) in [7, 11) is -1.55. The molecule has 1 aromatic rings. The second kappa shape index (κ2) is 6.05. The van der Waals surface area contributed by atoms with E-state index >= 15 is 0 Å². The summed E-state index contributed by atoms with van der Waals surface area (Å²) in [6.07, 6.45) is 3.26. The van der Waals surface area contributed by atoms with Gasteiger partial charge in [-0.25, -0.2) is 8.42 Å². The number of rotatable bonds is 4. The van der Waals surface area contributed by atoms with Gasteiger partial charge in [-0.15, -0.1) is 10.2 Å². The van der Waals surface area contributed by atoms with E-state index in [2.05, 4.69) is 10.2 Å². The first-order chi connectivity index (χ1) is 9.41. The lowest BCUT2D eigenvalue weighted by molar-refractivity contribution is 0.0810. The molecule has 1 aliphatic rings. The number of nitrogens with zero attached hydrogens (tertiary/aromatic N) is 2. The van der Waals surface area contributed by atoms with Crippen molar-refractivity contribution in [2.24, 2.45) is 5.92 Å². The number of aliphatic hydroxyl groups excluding tert-OH is 1. The topological polar surface area (TPSA) is 89.4 Å². The van der Waals surface area contributed by atoms with Gasteiger partial charge in [-0.05, 0) is 31.2 Å². The van der Waals surface area contributed by atoms with Crippen LogP contribution in [0.25, 0.3) is 0 Å². The summed E-state index contributed by atoms with van der Waals surface area (Å²) in [4.78, 5) is 0. The highest BCUT2D eigenvalue weighted by Gasteiger charge is 2.33. The fourth-order valence-corrected chi connectivity index (χ4v) is 3.89. The molecule has 7 heteroatoms. The van der Waals surface area contributed by atoms with E-state index in [1.54, 1.807) is 12.1 Å². The number of aliphatic hydroxyl groups is 1. The molecule has 2 rings (SSSR count). The van der Waals surface area contributed by atoms with Gasteiger partial charge < -0.3 is 9.84 Å². The summed E-state index contributed by atoms with van der Waals surface area (Å²) in [6.45, 7) is 0. The maximum absolute atomic E-state index is 11.6. The van der Waals surface area contributed by atoms with Crippen molar-refractivity contribution in [2.75, 3.05) is 13.4 Å². The average Bonchev–Trinajstić information content (AvgIpc) is 2.46. The molecule has 1 aliphatic carbocycles. The van der Waals surface area contributed by atoms with Gasteiger partial charge in [0.05, 0.1) is 18.1 Å². The summed E-state index contributed by atoms with van der Waals surface area (Å²) in [5.41, 5.74) is 0.463. The Balaban J connectivity index is 2.09. The number of hydrogen-bond donors (Lipinski definition) is 1. The molecular weight excluding hydrogens is 280 g/mol. The molecule has 0 bridgehead atoms. The molecule has 0 radical (unpaired) electrons. The molecule has 3 unspecified atom stereocenters. The van der Waals surface area contributed by atoms with Crippen LogP contribution in [0.2, 0.25) is 0 Å². The predicted octanol–water partition coefficient (Wildman–Crippen LogP) is 1.12. The highest BCUT2D eigenvalue weighted by molar-refractivity contribution is 7.91. The zero-order valence-electron chi connectivity index (χ0n) is 11.7. The highest BCUT2D eigenvalue weighted by atomic mass is 32.2. The standard InChI is InChI=1S/C13H20N2O4S/c1-19-12-7-6-11(14-15-12)13(16)9-4-3-5-10(8-9)20(2,17)18/h6-7,9-10,13,16H,3-5,8H2,1-2H3. The fraction of sp³-hybridized carbons (Fsp3) is 0.692. The molecule has 112 valence electrons. The molecule has 0 spiro atoms. The Labute approximate surface area is 119 Å². The molecule has 0 aliphatic heterocycles. The Morgan fingerprint density at radius 1 is 1.35 bits per heavy atom. The van der Waals surface area contributed by atoms with Crippen LogP contribution in [0.15, 0.2) is 12.1 Å². The third-order valence-electron chi connectivity index (χ3n) is 3.89. The molecular formula is C13H20N2O4S. The minimum absolute atomic E-state index is 0.0915. The molecule has 0 aromatic carbocycles. The van der Waals surface area contributed by atoms with Crippen molar-refractivity contribution in [2.45, 2.75) is 37.0 Å². The van der Waals surface area contributed by atoms with E-state index in [-0.39, 0.29) is 11.2 Å². The maximum atomic E-state index is 11.6. The number of methoxy groups -OCH3 is 1. The first-order valence-electron chi connectivity index (χ1n) is 6.66. The highest BCUT2D eigenvalue weighted by Crippen LogP contribution is 2.36. The van der Waals surface area contributed by atoms with Crippen molar-refractivity contribution in [3.05, 3.63) is 17.8 Å². The van der Waals surface area contributed by atoms with Gasteiger partial charge in [-0.3, -0.25) is 0 Å². The van der Waals surface area contributed by atoms with Gasteiger partial charge in [-0.1, -0.05) is 6.42 Å². The maximum Gasteiger partial charge on any atom is 0.233 e. The van der Waals surface area contributed by atoms with E-state index in [4.69, 9.17) is 4.74 Å². The predicted molar refractivity (Wildman–Crippen MR) is 74.1 cm³/mol. The van der Waals surface area contributed by atoms with Gasteiger partial charge in [-0.2, -0.15) is 0 Å². The Morgan fingerprint density at radius 2 is 2.10 bits per heavy atom. The lowest BCUT2D eigenvalue weighted by Crippen LogP contribution is -2.30. The molecule has 1 heterocycles. The van der Waals surface area contributed by atoms with E-state index in [1.807, 2.05) is 0 Å². The van der Waals surface area contributed by atoms with Crippen molar-refractivity contribution in [3.8, 4) is 5.88 Å². The van der Waals surface area contributed by atoms with Gasteiger partial charge >= 0.3 is 0 Å². The Morgan fingerprint density at radius 3 is 2.65 bits per heavy atom. The van der Waals surface area contributed by atoms with Crippen LogP contribution in [0.3, 0.4) is 0 Å². The van der Waals surface area contributed by atoms with E-state index in [1.165, 1.54) is 13.4 Å². The van der Waals surface area contributed by atoms with Gasteiger partial charge in [0, 0.05) is 12.3 Å². The monoisotopic (exact) mass is 300 g/mol. The third-order valence-corrected chi connectivity index (χ3v) is 5.53. The van der Waals surface area contributed by atoms with Crippen molar-refractivity contribution in [1.82, 2.24) is 10.2 Å².